The Kier molecular flexibility index (Phi) is 5.22. The molecule has 168 valence electrons. The minimum Gasteiger partial charge on any atom is -0.467 e. The highest BCUT2D eigenvalue weighted by molar-refractivity contribution is 6.24. The Balaban J connectivity index is 1.49. The molecule has 2 saturated heterocycles. The number of hydrogen-bond acceptors (Lipinski definition) is 7. The molecule has 0 spiro atoms. The number of benzene rings is 2. The van der Waals surface area contributed by atoms with E-state index < -0.39 is 29.9 Å². The number of carbonyl (C=O) groups is 3. The van der Waals surface area contributed by atoms with Crippen LogP contribution in [0, 0.1) is 12.8 Å². The number of aryl methyl sites for hydroxylation is 1. The van der Waals surface area contributed by atoms with Crippen molar-refractivity contribution < 1.29 is 28.4 Å². The maximum atomic E-state index is 13.6. The van der Waals surface area contributed by atoms with Crippen LogP contribution in [-0.2, 0) is 19.2 Å². The number of furan rings is 1. The Bertz CT molecular complexity index is 1200. The fraction of sp³-hybridized carbons (Fsp3) is 0.240. The molecule has 0 saturated carbocycles. The Labute approximate surface area is 190 Å². The number of imide groups is 1. The van der Waals surface area contributed by atoms with Crippen LogP contribution < -0.4 is 9.96 Å². The number of para-hydroxylation sites is 1. The highest BCUT2D eigenvalue weighted by Crippen LogP contribution is 2.48. The molecular formula is C25H22N2O6. The van der Waals surface area contributed by atoms with Gasteiger partial charge in [0.15, 0.2) is 6.10 Å². The number of amides is 2. The molecule has 33 heavy (non-hydrogen) atoms. The van der Waals surface area contributed by atoms with E-state index in [-0.39, 0.29) is 12.5 Å². The zero-order valence-corrected chi connectivity index (χ0v) is 18.1. The summed E-state index contributed by atoms with van der Waals surface area (Å²) in [5.41, 5.74) is 2.42. The molecule has 3 atom stereocenters. The molecule has 8 heteroatoms. The van der Waals surface area contributed by atoms with Crippen LogP contribution in [0.5, 0.6) is 0 Å². The van der Waals surface area contributed by atoms with E-state index in [0.29, 0.717) is 17.0 Å². The number of carbonyl (C=O) groups excluding carboxylic acids is 3. The van der Waals surface area contributed by atoms with Gasteiger partial charge in [-0.2, -0.15) is 0 Å². The van der Waals surface area contributed by atoms with E-state index >= 15 is 0 Å². The third-order valence-corrected chi connectivity index (χ3v) is 5.94. The predicted octanol–water partition coefficient (Wildman–Crippen LogP) is 3.82. The standard InChI is InChI=1S/C25H22N2O6/c1-3-31-25(30)16-10-12-17(13-11-16)26-23(28)20-21(19-9-6-14-32-19)27(33-22(20)24(26)29)18-8-5-4-7-15(18)2/h4-14,20-22H,3H2,1-2H3/t20-,21+,22-/m0/s1. The van der Waals surface area contributed by atoms with Crippen molar-refractivity contribution in [3.05, 3.63) is 83.8 Å². The summed E-state index contributed by atoms with van der Waals surface area (Å²) < 4.78 is 10.6. The second kappa shape index (κ2) is 8.22. The van der Waals surface area contributed by atoms with Gasteiger partial charge in [0, 0.05) is 0 Å². The molecule has 2 aliphatic rings. The van der Waals surface area contributed by atoms with E-state index in [0.717, 1.165) is 16.2 Å². The lowest BCUT2D eigenvalue weighted by Gasteiger charge is -2.28. The number of hydrogen-bond donors (Lipinski definition) is 0. The van der Waals surface area contributed by atoms with Crippen molar-refractivity contribution in [3.63, 3.8) is 0 Å². The van der Waals surface area contributed by atoms with E-state index in [2.05, 4.69) is 0 Å². The summed E-state index contributed by atoms with van der Waals surface area (Å²) in [6.45, 7) is 3.92. The number of anilines is 2. The first-order valence-corrected chi connectivity index (χ1v) is 10.7. The molecule has 0 unspecified atom stereocenters. The van der Waals surface area contributed by atoms with Gasteiger partial charge in [0.05, 0.1) is 29.8 Å². The summed E-state index contributed by atoms with van der Waals surface area (Å²) >= 11 is 0. The lowest BCUT2D eigenvalue weighted by Crippen LogP contribution is -2.37. The van der Waals surface area contributed by atoms with Gasteiger partial charge in [0.25, 0.3) is 5.91 Å². The average molecular weight is 446 g/mol. The molecule has 2 aliphatic heterocycles. The second-order valence-electron chi connectivity index (χ2n) is 7.90. The monoisotopic (exact) mass is 446 g/mol. The van der Waals surface area contributed by atoms with Crippen LogP contribution in [0.1, 0.15) is 34.6 Å². The van der Waals surface area contributed by atoms with Crippen LogP contribution >= 0.6 is 0 Å². The second-order valence-corrected chi connectivity index (χ2v) is 7.90. The van der Waals surface area contributed by atoms with Crippen LogP contribution in [-0.4, -0.2) is 30.5 Å². The highest BCUT2D eigenvalue weighted by Gasteiger charge is 2.61. The van der Waals surface area contributed by atoms with Gasteiger partial charge in [-0.15, -0.1) is 0 Å². The van der Waals surface area contributed by atoms with Gasteiger partial charge in [-0.05, 0) is 61.9 Å². The highest BCUT2D eigenvalue weighted by atomic mass is 16.7. The fourth-order valence-corrected chi connectivity index (χ4v) is 4.40. The number of ether oxygens (including phenoxy) is 1. The molecule has 2 amide bonds. The predicted molar refractivity (Wildman–Crippen MR) is 118 cm³/mol. The van der Waals surface area contributed by atoms with Crippen LogP contribution in [0.15, 0.2) is 71.3 Å². The third-order valence-electron chi connectivity index (χ3n) is 5.94. The molecule has 5 rings (SSSR count). The van der Waals surface area contributed by atoms with Crippen LogP contribution in [0.2, 0.25) is 0 Å². The number of nitrogens with zero attached hydrogens (tertiary/aromatic N) is 2. The number of fused-ring (bicyclic) bond motifs is 1. The fourth-order valence-electron chi connectivity index (χ4n) is 4.40. The Morgan fingerprint density at radius 2 is 1.76 bits per heavy atom. The Morgan fingerprint density at radius 3 is 2.42 bits per heavy atom. The van der Waals surface area contributed by atoms with Crippen LogP contribution in [0.3, 0.4) is 0 Å². The van der Waals surface area contributed by atoms with Crippen molar-refractivity contribution >= 4 is 29.2 Å². The smallest absolute Gasteiger partial charge is 0.338 e. The first kappa shape index (κ1) is 21.0. The van der Waals surface area contributed by atoms with Crippen LogP contribution in [0.25, 0.3) is 0 Å². The first-order chi connectivity index (χ1) is 16.0. The molecule has 0 radical (unpaired) electrons. The first-order valence-electron chi connectivity index (χ1n) is 10.7. The molecule has 3 aromatic rings. The summed E-state index contributed by atoms with van der Waals surface area (Å²) in [6.07, 6.45) is 0.545. The largest absolute Gasteiger partial charge is 0.467 e. The molecule has 2 fully saturated rings. The summed E-state index contributed by atoms with van der Waals surface area (Å²) in [6, 6.07) is 16.7. The molecule has 0 N–H and O–H groups in total. The summed E-state index contributed by atoms with van der Waals surface area (Å²) in [4.78, 5) is 46.0. The molecule has 3 heterocycles. The molecular weight excluding hydrogens is 424 g/mol. The van der Waals surface area contributed by atoms with Gasteiger partial charge in [-0.25, -0.2) is 14.8 Å². The normalized spacial score (nSPS) is 22.1. The summed E-state index contributed by atoms with van der Waals surface area (Å²) in [5.74, 6) is -1.55. The average Bonchev–Trinajstić information content (AvgIpc) is 3.52. The Hall–Kier alpha value is -3.91. The Morgan fingerprint density at radius 1 is 1.00 bits per heavy atom. The third kappa shape index (κ3) is 3.39. The van der Waals surface area contributed by atoms with Crippen LogP contribution in [0.4, 0.5) is 11.4 Å². The van der Waals surface area contributed by atoms with E-state index in [1.165, 1.54) is 18.4 Å². The number of hydroxylamine groups is 1. The molecule has 1 aromatic heterocycles. The van der Waals surface area contributed by atoms with Crippen molar-refractivity contribution in [1.82, 2.24) is 0 Å². The maximum Gasteiger partial charge on any atom is 0.338 e. The van der Waals surface area contributed by atoms with Gasteiger partial charge in [0.1, 0.15) is 17.7 Å². The van der Waals surface area contributed by atoms with Crippen molar-refractivity contribution in [2.45, 2.75) is 26.0 Å². The molecule has 2 aromatic carbocycles. The van der Waals surface area contributed by atoms with Gasteiger partial charge in [-0.3, -0.25) is 14.4 Å². The van der Waals surface area contributed by atoms with Crippen molar-refractivity contribution in [2.24, 2.45) is 5.92 Å². The molecule has 0 aliphatic carbocycles. The van der Waals surface area contributed by atoms with E-state index in [4.69, 9.17) is 14.0 Å². The van der Waals surface area contributed by atoms with E-state index in [1.54, 1.807) is 36.3 Å². The van der Waals surface area contributed by atoms with Gasteiger partial charge in [0.2, 0.25) is 5.91 Å². The van der Waals surface area contributed by atoms with Gasteiger partial charge in [-0.1, -0.05) is 18.2 Å². The number of esters is 1. The summed E-state index contributed by atoms with van der Waals surface area (Å²) in [7, 11) is 0. The van der Waals surface area contributed by atoms with E-state index in [9.17, 15) is 14.4 Å². The molecule has 8 nitrogen and oxygen atoms in total. The van der Waals surface area contributed by atoms with Gasteiger partial charge >= 0.3 is 5.97 Å². The zero-order valence-electron chi connectivity index (χ0n) is 18.1. The van der Waals surface area contributed by atoms with Crippen molar-refractivity contribution in [1.29, 1.82) is 0 Å². The van der Waals surface area contributed by atoms with Crippen molar-refractivity contribution in [3.8, 4) is 0 Å². The summed E-state index contributed by atoms with van der Waals surface area (Å²) in [5, 5.41) is 1.61. The van der Waals surface area contributed by atoms with E-state index in [1.807, 2.05) is 31.2 Å². The quantitative estimate of drug-likeness (QED) is 0.435. The lowest BCUT2D eigenvalue weighted by atomic mass is 9.94. The number of rotatable bonds is 5. The minimum absolute atomic E-state index is 0.260. The minimum atomic E-state index is -0.989. The molecule has 0 bridgehead atoms. The lowest BCUT2D eigenvalue weighted by molar-refractivity contribution is -0.126. The van der Waals surface area contributed by atoms with Gasteiger partial charge < -0.3 is 9.15 Å². The maximum absolute atomic E-state index is 13.6. The topological polar surface area (TPSA) is 89.3 Å². The van der Waals surface area contributed by atoms with Crippen molar-refractivity contribution in [2.75, 3.05) is 16.6 Å². The zero-order chi connectivity index (χ0) is 23.1. The SMILES string of the molecule is CCOC(=O)c1ccc(N2C(=O)[C@@H]3[C@H](ON(c4ccccc4C)[C@@H]3c3ccco3)C2=O)cc1.